The molecule has 2 rings (SSSR count). The molecule has 8 heteroatoms. The molecule has 0 saturated heterocycles. The molecular formula is C16H14BrN3O3S. The molecule has 0 fully saturated rings. The molecule has 2 aromatic rings. The van der Waals surface area contributed by atoms with E-state index >= 15 is 0 Å². The largest absolute Gasteiger partial charge is 0.484 e. The van der Waals surface area contributed by atoms with Crippen molar-refractivity contribution in [3.8, 4) is 5.75 Å². The molecule has 0 aromatic heterocycles. The van der Waals surface area contributed by atoms with Gasteiger partial charge in [0.25, 0.3) is 11.8 Å². The third-order valence-electron chi connectivity index (χ3n) is 2.76. The van der Waals surface area contributed by atoms with Crippen LogP contribution in [0.4, 0.5) is 0 Å². The Morgan fingerprint density at radius 1 is 1.00 bits per heavy atom. The van der Waals surface area contributed by atoms with Crippen LogP contribution < -0.4 is 20.9 Å². The Bertz CT molecular complexity index is 723. The highest BCUT2D eigenvalue weighted by Gasteiger charge is 2.08. The number of hydrogen-bond acceptors (Lipinski definition) is 4. The second-order valence-corrected chi connectivity index (χ2v) is 5.89. The first kappa shape index (κ1) is 17.9. The maximum absolute atomic E-state index is 11.9. The van der Waals surface area contributed by atoms with Crippen molar-refractivity contribution in [3.63, 3.8) is 0 Å². The van der Waals surface area contributed by atoms with E-state index in [-0.39, 0.29) is 17.6 Å². The Morgan fingerprint density at radius 3 is 2.33 bits per heavy atom. The van der Waals surface area contributed by atoms with Crippen molar-refractivity contribution >= 4 is 45.1 Å². The summed E-state index contributed by atoms with van der Waals surface area (Å²) in [5, 5.41) is 2.44. The first-order chi connectivity index (χ1) is 11.5. The highest BCUT2D eigenvalue weighted by Crippen LogP contribution is 2.10. The number of amides is 2. The number of halogens is 1. The lowest BCUT2D eigenvalue weighted by atomic mass is 10.2. The number of rotatable bonds is 4. The summed E-state index contributed by atoms with van der Waals surface area (Å²) in [7, 11) is 0. The number of benzene rings is 2. The van der Waals surface area contributed by atoms with Gasteiger partial charge >= 0.3 is 0 Å². The second-order valence-electron chi connectivity index (χ2n) is 4.57. The molecule has 0 spiro atoms. The highest BCUT2D eigenvalue weighted by molar-refractivity contribution is 9.10. The fraction of sp³-hybridized carbons (Fsp3) is 0.0625. The van der Waals surface area contributed by atoms with Crippen molar-refractivity contribution in [1.82, 2.24) is 16.2 Å². The van der Waals surface area contributed by atoms with Crippen LogP contribution in [0.2, 0.25) is 0 Å². The summed E-state index contributed by atoms with van der Waals surface area (Å²) in [6.07, 6.45) is 0. The second kappa shape index (κ2) is 8.99. The maximum Gasteiger partial charge on any atom is 0.276 e. The molecule has 0 aliphatic heterocycles. The first-order valence-corrected chi connectivity index (χ1v) is 8.08. The lowest BCUT2D eigenvalue weighted by Crippen LogP contribution is -2.49. The van der Waals surface area contributed by atoms with Crippen LogP contribution in [-0.2, 0) is 4.79 Å². The Balaban J connectivity index is 1.71. The summed E-state index contributed by atoms with van der Waals surface area (Å²) in [4.78, 5) is 23.6. The van der Waals surface area contributed by atoms with Gasteiger partial charge in [-0.2, -0.15) is 0 Å². The molecule has 0 bridgehead atoms. The number of hydrazine groups is 1. The molecule has 24 heavy (non-hydrogen) atoms. The quantitative estimate of drug-likeness (QED) is 0.534. The number of para-hydroxylation sites is 1. The maximum atomic E-state index is 11.9. The Hall–Kier alpha value is -2.45. The van der Waals surface area contributed by atoms with E-state index in [0.29, 0.717) is 11.3 Å². The molecule has 0 heterocycles. The van der Waals surface area contributed by atoms with Gasteiger partial charge in [-0.05, 0) is 48.6 Å². The molecule has 0 radical (unpaired) electrons. The molecule has 0 aliphatic carbocycles. The molecule has 3 N–H and O–H groups in total. The van der Waals surface area contributed by atoms with Crippen LogP contribution in [0.5, 0.6) is 5.75 Å². The molecule has 6 nitrogen and oxygen atoms in total. The van der Waals surface area contributed by atoms with Crippen molar-refractivity contribution in [2.24, 2.45) is 0 Å². The topological polar surface area (TPSA) is 79.5 Å². The zero-order valence-corrected chi connectivity index (χ0v) is 14.8. The van der Waals surface area contributed by atoms with Gasteiger partial charge in [0.15, 0.2) is 11.7 Å². The minimum atomic E-state index is -0.431. The Kier molecular flexibility index (Phi) is 6.71. The smallest absolute Gasteiger partial charge is 0.276 e. The molecule has 0 unspecified atom stereocenters. The molecule has 0 saturated carbocycles. The van der Waals surface area contributed by atoms with Gasteiger partial charge in [0, 0.05) is 10.0 Å². The molecule has 0 aliphatic rings. The number of ether oxygens (including phenoxy) is 1. The van der Waals surface area contributed by atoms with Gasteiger partial charge in [-0.15, -0.1) is 0 Å². The normalized spacial score (nSPS) is 9.71. The lowest BCUT2D eigenvalue weighted by molar-refractivity contribution is -0.123. The van der Waals surface area contributed by atoms with Gasteiger partial charge in [0.05, 0.1) is 0 Å². The van der Waals surface area contributed by atoms with Gasteiger partial charge in [-0.1, -0.05) is 34.1 Å². The number of nitrogens with one attached hydrogen (secondary N) is 3. The van der Waals surface area contributed by atoms with Crippen molar-refractivity contribution in [2.75, 3.05) is 6.61 Å². The van der Waals surface area contributed by atoms with E-state index in [1.807, 2.05) is 6.07 Å². The van der Waals surface area contributed by atoms with Crippen LogP contribution in [0.3, 0.4) is 0 Å². The van der Waals surface area contributed by atoms with Crippen LogP contribution in [0, 0.1) is 0 Å². The monoisotopic (exact) mass is 407 g/mol. The van der Waals surface area contributed by atoms with Crippen LogP contribution in [0.15, 0.2) is 59.1 Å². The van der Waals surface area contributed by atoms with Gasteiger partial charge in [-0.3, -0.25) is 25.8 Å². The minimum absolute atomic E-state index is 0.0176. The van der Waals surface area contributed by atoms with Gasteiger partial charge in [-0.25, -0.2) is 0 Å². The van der Waals surface area contributed by atoms with Crippen molar-refractivity contribution in [2.45, 2.75) is 0 Å². The Morgan fingerprint density at radius 2 is 1.67 bits per heavy atom. The number of carbonyl (C=O) groups is 2. The van der Waals surface area contributed by atoms with Gasteiger partial charge < -0.3 is 4.74 Å². The molecule has 124 valence electrons. The van der Waals surface area contributed by atoms with Crippen molar-refractivity contribution in [3.05, 3.63) is 64.6 Å². The summed E-state index contributed by atoms with van der Waals surface area (Å²) in [5.41, 5.74) is 5.23. The van der Waals surface area contributed by atoms with E-state index in [0.717, 1.165) is 4.47 Å². The van der Waals surface area contributed by atoms with Gasteiger partial charge in [0.2, 0.25) is 0 Å². The number of thiocarbonyl (C=S) groups is 1. The number of carbonyl (C=O) groups excluding carboxylic acids is 2. The third-order valence-corrected chi connectivity index (χ3v) is 3.49. The average Bonchev–Trinajstić information content (AvgIpc) is 2.59. The van der Waals surface area contributed by atoms with E-state index < -0.39 is 5.91 Å². The standard InChI is InChI=1S/C16H14BrN3O3S/c17-12-8-6-11(7-9-12)15(22)18-16(24)20-19-14(21)10-23-13-4-2-1-3-5-13/h1-9H,10H2,(H,19,21)(H2,18,20,22,24). The summed E-state index contributed by atoms with van der Waals surface area (Å²) in [5.74, 6) is -0.229. The van der Waals surface area contributed by atoms with Crippen LogP contribution in [-0.4, -0.2) is 23.5 Å². The van der Waals surface area contributed by atoms with Crippen molar-refractivity contribution in [1.29, 1.82) is 0 Å². The summed E-state index contributed by atoms with van der Waals surface area (Å²) in [6, 6.07) is 15.7. The third kappa shape index (κ3) is 5.98. The zero-order valence-electron chi connectivity index (χ0n) is 12.4. The van der Waals surface area contributed by atoms with Crippen LogP contribution in [0.25, 0.3) is 0 Å². The van der Waals surface area contributed by atoms with E-state index in [2.05, 4.69) is 32.1 Å². The minimum Gasteiger partial charge on any atom is -0.484 e. The SMILES string of the molecule is O=C(COc1ccccc1)NNC(=S)NC(=O)c1ccc(Br)cc1. The Labute approximate surface area is 152 Å². The predicted molar refractivity (Wildman–Crippen MR) is 97.4 cm³/mol. The highest BCUT2D eigenvalue weighted by atomic mass is 79.9. The fourth-order valence-corrected chi connectivity index (χ4v) is 2.04. The number of hydrogen-bond donors (Lipinski definition) is 3. The van der Waals surface area contributed by atoms with E-state index in [4.69, 9.17) is 17.0 Å². The average molecular weight is 408 g/mol. The molecule has 2 aromatic carbocycles. The molecular weight excluding hydrogens is 394 g/mol. The van der Waals surface area contributed by atoms with Crippen molar-refractivity contribution < 1.29 is 14.3 Å². The van der Waals surface area contributed by atoms with Crippen LogP contribution in [0.1, 0.15) is 10.4 Å². The van der Waals surface area contributed by atoms with E-state index in [1.54, 1.807) is 48.5 Å². The summed E-state index contributed by atoms with van der Waals surface area (Å²) >= 11 is 8.23. The summed E-state index contributed by atoms with van der Waals surface area (Å²) in [6.45, 7) is -0.180. The lowest BCUT2D eigenvalue weighted by Gasteiger charge is -2.11. The predicted octanol–water partition coefficient (Wildman–Crippen LogP) is 2.16. The van der Waals surface area contributed by atoms with E-state index in [9.17, 15) is 9.59 Å². The molecule has 2 amide bonds. The first-order valence-electron chi connectivity index (χ1n) is 6.88. The zero-order chi connectivity index (χ0) is 17.4. The van der Waals surface area contributed by atoms with Crippen LogP contribution >= 0.6 is 28.1 Å². The fourth-order valence-electron chi connectivity index (χ4n) is 1.64. The van der Waals surface area contributed by atoms with Gasteiger partial charge in [0.1, 0.15) is 5.75 Å². The molecule has 0 atom stereocenters. The summed E-state index contributed by atoms with van der Waals surface area (Å²) < 4.78 is 6.14. The van der Waals surface area contributed by atoms with E-state index in [1.165, 1.54) is 0 Å².